The maximum atomic E-state index is 12.6. The van der Waals surface area contributed by atoms with Crippen LogP contribution in [-0.4, -0.2) is 62.7 Å². The number of fused-ring (bicyclic) bond motifs is 1. The number of rotatable bonds is 5. The molecule has 0 aliphatic carbocycles. The van der Waals surface area contributed by atoms with Gasteiger partial charge in [-0.1, -0.05) is 30.3 Å². The maximum absolute atomic E-state index is 12.6. The van der Waals surface area contributed by atoms with Crippen LogP contribution >= 0.6 is 0 Å². The minimum absolute atomic E-state index is 0.0144. The van der Waals surface area contributed by atoms with Crippen molar-refractivity contribution in [2.75, 3.05) is 55.7 Å². The average Bonchev–Trinajstić information content (AvgIpc) is 3.22. The molecule has 0 atom stereocenters. The Bertz CT molecular complexity index is 909. The zero-order valence-electron chi connectivity index (χ0n) is 17.3. The number of hydrogen-bond donors (Lipinski definition) is 1. The molecule has 3 amide bonds. The van der Waals surface area contributed by atoms with Crippen molar-refractivity contribution in [3.8, 4) is 5.75 Å². The van der Waals surface area contributed by atoms with Gasteiger partial charge < -0.3 is 24.8 Å². The summed E-state index contributed by atoms with van der Waals surface area (Å²) in [6.07, 6.45) is 0.862. The van der Waals surface area contributed by atoms with Crippen LogP contribution in [0.1, 0.15) is 12.5 Å². The molecule has 30 heavy (non-hydrogen) atoms. The second kappa shape index (κ2) is 9.07. The van der Waals surface area contributed by atoms with Gasteiger partial charge in [-0.3, -0.25) is 4.79 Å². The van der Waals surface area contributed by atoms with Gasteiger partial charge in [-0.2, -0.15) is 0 Å². The Kier molecular flexibility index (Phi) is 6.07. The van der Waals surface area contributed by atoms with Crippen molar-refractivity contribution in [1.29, 1.82) is 0 Å². The fourth-order valence-electron chi connectivity index (χ4n) is 4.10. The monoisotopic (exact) mass is 408 g/mol. The number of benzene rings is 2. The zero-order chi connectivity index (χ0) is 20.9. The Balaban J connectivity index is 1.28. The highest BCUT2D eigenvalue weighted by atomic mass is 16.5. The number of nitrogens with zero attached hydrogens (tertiary/aromatic N) is 3. The van der Waals surface area contributed by atoms with E-state index in [1.54, 1.807) is 9.80 Å². The SMILES string of the molecule is CCOc1ccccc1N1CCN(C(=O)NCC(=O)N2CCc3ccccc32)CC1. The van der Waals surface area contributed by atoms with Crippen LogP contribution < -0.4 is 19.9 Å². The minimum atomic E-state index is -0.187. The summed E-state index contributed by atoms with van der Waals surface area (Å²) in [5, 5.41) is 2.80. The van der Waals surface area contributed by atoms with Gasteiger partial charge in [0.2, 0.25) is 5.91 Å². The molecule has 7 nitrogen and oxygen atoms in total. The number of anilines is 2. The first-order valence-electron chi connectivity index (χ1n) is 10.5. The van der Waals surface area contributed by atoms with Gasteiger partial charge in [0.15, 0.2) is 0 Å². The van der Waals surface area contributed by atoms with Crippen molar-refractivity contribution in [3.05, 3.63) is 54.1 Å². The van der Waals surface area contributed by atoms with Gasteiger partial charge >= 0.3 is 6.03 Å². The molecule has 0 spiro atoms. The number of nitrogens with one attached hydrogen (secondary N) is 1. The molecule has 2 heterocycles. The molecule has 0 bridgehead atoms. The third-order valence-corrected chi connectivity index (χ3v) is 5.65. The van der Waals surface area contributed by atoms with Crippen LogP contribution in [0, 0.1) is 0 Å². The van der Waals surface area contributed by atoms with Gasteiger partial charge in [0.1, 0.15) is 5.75 Å². The molecule has 0 saturated carbocycles. The summed E-state index contributed by atoms with van der Waals surface area (Å²) in [4.78, 5) is 30.9. The molecule has 0 radical (unpaired) electrons. The molecule has 1 N–H and O–H groups in total. The summed E-state index contributed by atoms with van der Waals surface area (Å²) in [6, 6.07) is 15.7. The molecule has 7 heteroatoms. The average molecular weight is 409 g/mol. The summed E-state index contributed by atoms with van der Waals surface area (Å²) in [6.45, 7) is 5.94. The summed E-state index contributed by atoms with van der Waals surface area (Å²) < 4.78 is 5.73. The first-order chi connectivity index (χ1) is 14.7. The Labute approximate surface area is 177 Å². The standard InChI is InChI=1S/C23H28N4O3/c1-2-30-21-10-6-5-9-20(21)25-13-15-26(16-14-25)23(29)24-17-22(28)27-12-11-18-7-3-4-8-19(18)27/h3-10H,2,11-17H2,1H3,(H,24,29). The van der Waals surface area contributed by atoms with Crippen molar-refractivity contribution >= 4 is 23.3 Å². The van der Waals surface area contributed by atoms with Gasteiger partial charge in [0.05, 0.1) is 18.8 Å². The first kappa shape index (κ1) is 20.1. The summed E-state index contributed by atoms with van der Waals surface area (Å²) in [5.74, 6) is 0.798. The van der Waals surface area contributed by atoms with Gasteiger partial charge in [-0.25, -0.2) is 4.79 Å². The lowest BCUT2D eigenvalue weighted by molar-refractivity contribution is -0.117. The molecule has 2 aliphatic heterocycles. The summed E-state index contributed by atoms with van der Waals surface area (Å²) in [7, 11) is 0. The van der Waals surface area contributed by atoms with Crippen molar-refractivity contribution in [2.24, 2.45) is 0 Å². The maximum Gasteiger partial charge on any atom is 0.317 e. The van der Waals surface area contributed by atoms with Crippen LogP contribution in [0.15, 0.2) is 48.5 Å². The van der Waals surface area contributed by atoms with Crippen molar-refractivity contribution in [1.82, 2.24) is 10.2 Å². The fraction of sp³-hybridized carbons (Fsp3) is 0.391. The second-order valence-corrected chi connectivity index (χ2v) is 7.46. The molecule has 4 rings (SSSR count). The van der Waals surface area contributed by atoms with E-state index < -0.39 is 0 Å². The largest absolute Gasteiger partial charge is 0.492 e. The molecule has 1 saturated heterocycles. The van der Waals surface area contributed by atoms with Gasteiger partial charge in [-0.15, -0.1) is 0 Å². The number of carbonyl (C=O) groups excluding carboxylic acids is 2. The summed E-state index contributed by atoms with van der Waals surface area (Å²) in [5.41, 5.74) is 3.20. The quantitative estimate of drug-likeness (QED) is 0.826. The van der Waals surface area contributed by atoms with E-state index in [-0.39, 0.29) is 18.5 Å². The molecule has 0 aromatic heterocycles. The number of carbonyl (C=O) groups is 2. The normalized spacial score (nSPS) is 15.7. The Hall–Kier alpha value is -3.22. The van der Waals surface area contributed by atoms with Gasteiger partial charge in [0.25, 0.3) is 0 Å². The Morgan fingerprint density at radius 2 is 1.63 bits per heavy atom. The third-order valence-electron chi connectivity index (χ3n) is 5.65. The molecular weight excluding hydrogens is 380 g/mol. The number of amides is 3. The predicted octanol–water partition coefficient (Wildman–Crippen LogP) is 2.51. The molecule has 2 aromatic carbocycles. The number of urea groups is 1. The smallest absolute Gasteiger partial charge is 0.317 e. The van der Waals surface area contributed by atoms with E-state index >= 15 is 0 Å². The zero-order valence-corrected chi connectivity index (χ0v) is 17.3. The highest BCUT2D eigenvalue weighted by molar-refractivity contribution is 5.98. The fourth-order valence-corrected chi connectivity index (χ4v) is 4.10. The highest BCUT2D eigenvalue weighted by Crippen LogP contribution is 2.29. The Morgan fingerprint density at radius 1 is 0.933 bits per heavy atom. The Morgan fingerprint density at radius 3 is 2.40 bits per heavy atom. The molecule has 2 aromatic rings. The van der Waals surface area contributed by atoms with Crippen LogP contribution in [0.5, 0.6) is 5.75 Å². The topological polar surface area (TPSA) is 65.1 Å². The summed E-state index contributed by atoms with van der Waals surface area (Å²) >= 11 is 0. The molecule has 2 aliphatic rings. The van der Waals surface area contributed by atoms with Crippen LogP contribution in [-0.2, 0) is 11.2 Å². The van der Waals surface area contributed by atoms with E-state index in [0.717, 1.165) is 36.6 Å². The lowest BCUT2D eigenvalue weighted by Crippen LogP contribution is -2.53. The van der Waals surface area contributed by atoms with Gasteiger partial charge in [-0.05, 0) is 37.1 Å². The van der Waals surface area contributed by atoms with E-state index in [2.05, 4.69) is 10.2 Å². The van der Waals surface area contributed by atoms with Gasteiger partial charge in [0, 0.05) is 38.4 Å². The van der Waals surface area contributed by atoms with E-state index in [1.165, 1.54) is 5.56 Å². The van der Waals surface area contributed by atoms with Crippen molar-refractivity contribution < 1.29 is 14.3 Å². The van der Waals surface area contributed by atoms with E-state index in [9.17, 15) is 9.59 Å². The van der Waals surface area contributed by atoms with Crippen molar-refractivity contribution in [2.45, 2.75) is 13.3 Å². The van der Waals surface area contributed by atoms with Crippen LogP contribution in [0.2, 0.25) is 0 Å². The van der Waals surface area contributed by atoms with Crippen LogP contribution in [0.3, 0.4) is 0 Å². The van der Waals surface area contributed by atoms with E-state index in [1.807, 2.05) is 55.5 Å². The molecule has 1 fully saturated rings. The number of ether oxygens (including phenoxy) is 1. The number of para-hydroxylation sites is 3. The molecule has 0 unspecified atom stereocenters. The number of hydrogen-bond acceptors (Lipinski definition) is 4. The van der Waals surface area contributed by atoms with Crippen LogP contribution in [0.4, 0.5) is 16.2 Å². The number of piperazine rings is 1. The highest BCUT2D eigenvalue weighted by Gasteiger charge is 2.26. The third kappa shape index (κ3) is 4.20. The first-order valence-corrected chi connectivity index (χ1v) is 10.5. The second-order valence-electron chi connectivity index (χ2n) is 7.46. The molecular formula is C23H28N4O3. The minimum Gasteiger partial charge on any atom is -0.492 e. The molecule has 158 valence electrons. The van der Waals surface area contributed by atoms with E-state index in [4.69, 9.17) is 4.74 Å². The van der Waals surface area contributed by atoms with Crippen LogP contribution in [0.25, 0.3) is 0 Å². The lowest BCUT2D eigenvalue weighted by Gasteiger charge is -2.36. The van der Waals surface area contributed by atoms with E-state index in [0.29, 0.717) is 26.2 Å². The van der Waals surface area contributed by atoms with Crippen molar-refractivity contribution in [3.63, 3.8) is 0 Å². The predicted molar refractivity (Wildman–Crippen MR) is 117 cm³/mol. The lowest BCUT2D eigenvalue weighted by atomic mass is 10.2.